The Morgan fingerprint density at radius 1 is 1.40 bits per heavy atom. The summed E-state index contributed by atoms with van der Waals surface area (Å²) in [5.41, 5.74) is 1.35. The molecule has 0 fully saturated rings. The lowest BCUT2D eigenvalue weighted by Gasteiger charge is -2.18. The van der Waals surface area contributed by atoms with Crippen LogP contribution >= 0.6 is 22.9 Å². The number of carbonyl (C=O) groups is 1. The van der Waals surface area contributed by atoms with E-state index < -0.39 is 0 Å². The van der Waals surface area contributed by atoms with Crippen molar-refractivity contribution in [2.24, 2.45) is 0 Å². The third-order valence-corrected chi connectivity index (χ3v) is 4.00. The summed E-state index contributed by atoms with van der Waals surface area (Å²) in [4.78, 5) is 18.1. The maximum absolute atomic E-state index is 12.2. The number of rotatable bonds is 5. The number of likely N-dealkylation sites (N-methyl/N-ethyl adjacent to an activating group) is 1. The SMILES string of the molecule is CCN(CCO)C(=O)c1csc(-c2ccc(Cl)cc2)n1. The summed E-state index contributed by atoms with van der Waals surface area (Å²) in [6.07, 6.45) is 0. The molecule has 106 valence electrons. The molecule has 1 amide bonds. The lowest BCUT2D eigenvalue weighted by molar-refractivity contribution is 0.0727. The van der Waals surface area contributed by atoms with Gasteiger partial charge in [0.1, 0.15) is 10.7 Å². The normalized spacial score (nSPS) is 10.6. The Hall–Kier alpha value is -1.43. The molecule has 0 aliphatic rings. The number of aliphatic hydroxyl groups is 1. The Labute approximate surface area is 126 Å². The van der Waals surface area contributed by atoms with Crippen LogP contribution in [0.3, 0.4) is 0 Å². The number of thiazole rings is 1. The van der Waals surface area contributed by atoms with E-state index in [1.165, 1.54) is 11.3 Å². The van der Waals surface area contributed by atoms with Crippen molar-refractivity contribution in [3.05, 3.63) is 40.4 Å². The molecule has 0 aliphatic heterocycles. The Morgan fingerprint density at radius 3 is 2.70 bits per heavy atom. The van der Waals surface area contributed by atoms with E-state index in [0.717, 1.165) is 10.6 Å². The van der Waals surface area contributed by atoms with Crippen molar-refractivity contribution >= 4 is 28.8 Å². The minimum atomic E-state index is -0.155. The highest BCUT2D eigenvalue weighted by Gasteiger charge is 2.17. The average molecular weight is 311 g/mol. The Kier molecular flexibility index (Phi) is 5.11. The average Bonchev–Trinajstić information content (AvgIpc) is 2.94. The van der Waals surface area contributed by atoms with Crippen molar-refractivity contribution in [1.29, 1.82) is 0 Å². The summed E-state index contributed by atoms with van der Waals surface area (Å²) in [5.74, 6) is -0.155. The molecule has 2 rings (SSSR count). The van der Waals surface area contributed by atoms with Gasteiger partial charge >= 0.3 is 0 Å². The second-order valence-corrected chi connectivity index (χ2v) is 5.45. The van der Waals surface area contributed by atoms with Crippen LogP contribution in [0.4, 0.5) is 0 Å². The number of hydrogen-bond donors (Lipinski definition) is 1. The van der Waals surface area contributed by atoms with Gasteiger partial charge < -0.3 is 10.0 Å². The number of carbonyl (C=O) groups excluding carboxylic acids is 1. The molecule has 0 spiro atoms. The van der Waals surface area contributed by atoms with Crippen LogP contribution in [0.2, 0.25) is 5.02 Å². The largest absolute Gasteiger partial charge is 0.395 e. The van der Waals surface area contributed by atoms with Crippen molar-refractivity contribution in [3.63, 3.8) is 0 Å². The summed E-state index contributed by atoms with van der Waals surface area (Å²) in [6, 6.07) is 7.34. The molecule has 6 heteroatoms. The number of aromatic nitrogens is 1. The molecule has 0 unspecified atom stereocenters. The second kappa shape index (κ2) is 6.83. The molecule has 0 bridgehead atoms. The topological polar surface area (TPSA) is 53.4 Å². The lowest BCUT2D eigenvalue weighted by Crippen LogP contribution is -2.33. The smallest absolute Gasteiger partial charge is 0.273 e. The van der Waals surface area contributed by atoms with Crippen molar-refractivity contribution in [2.75, 3.05) is 19.7 Å². The first kappa shape index (κ1) is 15.0. The Balaban J connectivity index is 2.20. The first-order chi connectivity index (χ1) is 9.65. The van der Waals surface area contributed by atoms with Crippen LogP contribution in [-0.2, 0) is 0 Å². The molecular weight excluding hydrogens is 296 g/mol. The number of amides is 1. The molecule has 20 heavy (non-hydrogen) atoms. The van der Waals surface area contributed by atoms with Gasteiger partial charge in [-0.1, -0.05) is 23.7 Å². The Morgan fingerprint density at radius 2 is 2.10 bits per heavy atom. The van der Waals surface area contributed by atoms with Gasteiger partial charge in [0.2, 0.25) is 0 Å². The minimum absolute atomic E-state index is 0.0479. The van der Waals surface area contributed by atoms with Gasteiger partial charge in [0.25, 0.3) is 5.91 Å². The molecule has 4 nitrogen and oxygen atoms in total. The van der Waals surface area contributed by atoms with Gasteiger partial charge in [-0.15, -0.1) is 11.3 Å². The molecule has 2 aromatic rings. The van der Waals surface area contributed by atoms with Gasteiger partial charge in [-0.3, -0.25) is 4.79 Å². The van der Waals surface area contributed by atoms with Gasteiger partial charge in [0.05, 0.1) is 6.61 Å². The fourth-order valence-electron chi connectivity index (χ4n) is 1.78. The highest BCUT2D eigenvalue weighted by atomic mass is 35.5. The maximum atomic E-state index is 12.2. The molecule has 1 heterocycles. The monoisotopic (exact) mass is 310 g/mol. The second-order valence-electron chi connectivity index (χ2n) is 4.15. The molecule has 0 radical (unpaired) electrons. The number of nitrogens with zero attached hydrogens (tertiary/aromatic N) is 2. The standard InChI is InChI=1S/C14H15ClN2O2S/c1-2-17(7-8-18)14(19)12-9-20-13(16-12)10-3-5-11(15)6-4-10/h3-6,9,18H,2,7-8H2,1H3. The van der Waals surface area contributed by atoms with Gasteiger partial charge in [-0.2, -0.15) is 0 Å². The van der Waals surface area contributed by atoms with E-state index in [2.05, 4.69) is 4.98 Å². The van der Waals surface area contributed by atoms with Crippen LogP contribution in [0.15, 0.2) is 29.6 Å². The first-order valence-electron chi connectivity index (χ1n) is 6.27. The third kappa shape index (κ3) is 3.36. The van der Waals surface area contributed by atoms with Gasteiger partial charge in [0, 0.05) is 29.1 Å². The van der Waals surface area contributed by atoms with Crippen molar-refractivity contribution < 1.29 is 9.90 Å². The minimum Gasteiger partial charge on any atom is -0.395 e. The fraction of sp³-hybridized carbons (Fsp3) is 0.286. The fourth-order valence-corrected chi connectivity index (χ4v) is 2.71. The van der Waals surface area contributed by atoms with E-state index in [0.29, 0.717) is 23.8 Å². The molecule has 0 aliphatic carbocycles. The molecule has 0 atom stereocenters. The Bertz CT molecular complexity index is 583. The predicted octanol–water partition coefficient (Wildman–Crippen LogP) is 2.92. The molecule has 1 aromatic carbocycles. The maximum Gasteiger partial charge on any atom is 0.273 e. The zero-order chi connectivity index (χ0) is 14.5. The lowest BCUT2D eigenvalue weighted by atomic mass is 10.2. The predicted molar refractivity (Wildman–Crippen MR) is 81.2 cm³/mol. The van der Waals surface area contributed by atoms with Crippen LogP contribution in [0.5, 0.6) is 0 Å². The molecular formula is C14H15ClN2O2S. The summed E-state index contributed by atoms with van der Waals surface area (Å²) in [5, 5.41) is 12.1. The van der Waals surface area contributed by atoms with Gasteiger partial charge in [0.15, 0.2) is 0 Å². The van der Waals surface area contributed by atoms with Crippen molar-refractivity contribution in [1.82, 2.24) is 9.88 Å². The van der Waals surface area contributed by atoms with E-state index in [9.17, 15) is 4.79 Å². The van der Waals surface area contributed by atoms with Crippen LogP contribution in [-0.4, -0.2) is 40.6 Å². The van der Waals surface area contributed by atoms with Crippen molar-refractivity contribution in [2.45, 2.75) is 6.92 Å². The number of hydrogen-bond acceptors (Lipinski definition) is 4. The van der Waals surface area contributed by atoms with E-state index in [-0.39, 0.29) is 12.5 Å². The summed E-state index contributed by atoms with van der Waals surface area (Å²) in [6.45, 7) is 2.70. The summed E-state index contributed by atoms with van der Waals surface area (Å²) < 4.78 is 0. The first-order valence-corrected chi connectivity index (χ1v) is 7.53. The van der Waals surface area contributed by atoms with Crippen LogP contribution < -0.4 is 0 Å². The quantitative estimate of drug-likeness (QED) is 0.924. The van der Waals surface area contributed by atoms with E-state index >= 15 is 0 Å². The molecule has 0 saturated heterocycles. The van der Waals surface area contributed by atoms with E-state index in [1.807, 2.05) is 19.1 Å². The highest BCUT2D eigenvalue weighted by Crippen LogP contribution is 2.25. The summed E-state index contributed by atoms with van der Waals surface area (Å²) in [7, 11) is 0. The third-order valence-electron chi connectivity index (χ3n) is 2.85. The number of benzene rings is 1. The van der Waals surface area contributed by atoms with Crippen LogP contribution in [0, 0.1) is 0 Å². The molecule has 0 saturated carbocycles. The van der Waals surface area contributed by atoms with Gasteiger partial charge in [-0.05, 0) is 19.1 Å². The highest BCUT2D eigenvalue weighted by molar-refractivity contribution is 7.13. The molecule has 1 aromatic heterocycles. The van der Waals surface area contributed by atoms with Crippen LogP contribution in [0.25, 0.3) is 10.6 Å². The van der Waals surface area contributed by atoms with Crippen LogP contribution in [0.1, 0.15) is 17.4 Å². The summed E-state index contributed by atoms with van der Waals surface area (Å²) >= 11 is 7.27. The van der Waals surface area contributed by atoms with E-state index in [1.54, 1.807) is 22.4 Å². The van der Waals surface area contributed by atoms with E-state index in [4.69, 9.17) is 16.7 Å². The van der Waals surface area contributed by atoms with Gasteiger partial charge in [-0.25, -0.2) is 4.98 Å². The zero-order valence-electron chi connectivity index (χ0n) is 11.0. The van der Waals surface area contributed by atoms with Crippen molar-refractivity contribution in [3.8, 4) is 10.6 Å². The molecule has 1 N–H and O–H groups in total. The number of aliphatic hydroxyl groups excluding tert-OH is 1. The number of halogens is 1. The zero-order valence-corrected chi connectivity index (χ0v) is 12.6.